The van der Waals surface area contributed by atoms with Gasteiger partial charge >= 0.3 is 18.3 Å². The number of alkyl halides is 6. The number of rotatable bonds is 7. The Balaban J connectivity index is 3.08. The zero-order chi connectivity index (χ0) is 20.1. The first-order valence-electron chi connectivity index (χ1n) is 6.85. The standard InChI is InChI=1S/C14H13F6NO5/c1-7(12(23)24)21-11(22)9-4-8(25-5-13(15,16)17)2-3-10(9)26-6-14(18,19)20/h2-4,7H,5-6H2,1H3,(H,21,22)(H,23,24)/t7-/m1/s1. The van der Waals surface area contributed by atoms with Crippen LogP contribution in [0.1, 0.15) is 17.3 Å². The number of nitrogens with one attached hydrogen (secondary N) is 1. The third-order valence-corrected chi connectivity index (χ3v) is 2.71. The summed E-state index contributed by atoms with van der Waals surface area (Å²) in [6, 6.07) is 1.02. The Kier molecular flexibility index (Phi) is 6.70. The molecule has 0 aliphatic rings. The van der Waals surface area contributed by atoms with Gasteiger partial charge in [0.05, 0.1) is 5.56 Å². The lowest BCUT2D eigenvalue weighted by Crippen LogP contribution is -2.38. The van der Waals surface area contributed by atoms with Crippen molar-refractivity contribution in [2.24, 2.45) is 0 Å². The van der Waals surface area contributed by atoms with E-state index < -0.39 is 60.5 Å². The molecule has 0 spiro atoms. The molecular formula is C14H13F6NO5. The SMILES string of the molecule is C[C@@H](NC(=O)c1cc(OCC(F)(F)F)ccc1OCC(F)(F)F)C(=O)O. The molecule has 2 N–H and O–H groups in total. The van der Waals surface area contributed by atoms with Crippen molar-refractivity contribution in [1.29, 1.82) is 0 Å². The van der Waals surface area contributed by atoms with Gasteiger partial charge in [-0.1, -0.05) is 0 Å². The minimum Gasteiger partial charge on any atom is -0.484 e. The largest absolute Gasteiger partial charge is 0.484 e. The average Bonchev–Trinajstić information content (AvgIpc) is 2.49. The lowest BCUT2D eigenvalue weighted by atomic mass is 10.1. The van der Waals surface area contributed by atoms with Crippen LogP contribution in [0.5, 0.6) is 11.5 Å². The summed E-state index contributed by atoms with van der Waals surface area (Å²) in [5.74, 6) is -3.65. The van der Waals surface area contributed by atoms with Crippen molar-refractivity contribution in [3.05, 3.63) is 23.8 Å². The van der Waals surface area contributed by atoms with Gasteiger partial charge in [0.2, 0.25) is 0 Å². The van der Waals surface area contributed by atoms with Crippen LogP contribution in [-0.4, -0.2) is 48.6 Å². The maximum atomic E-state index is 12.3. The van der Waals surface area contributed by atoms with E-state index in [4.69, 9.17) is 5.11 Å². The Labute approximate surface area is 142 Å². The molecule has 1 amide bonds. The molecule has 0 aliphatic carbocycles. The summed E-state index contributed by atoms with van der Waals surface area (Å²) < 4.78 is 82.2. The first-order valence-corrected chi connectivity index (χ1v) is 6.85. The maximum absolute atomic E-state index is 12.3. The van der Waals surface area contributed by atoms with Crippen LogP contribution in [0.2, 0.25) is 0 Å². The number of carbonyl (C=O) groups is 2. The minimum absolute atomic E-state index is 0.463. The molecule has 0 aromatic heterocycles. The van der Waals surface area contributed by atoms with Gasteiger partial charge in [-0.2, -0.15) is 26.3 Å². The van der Waals surface area contributed by atoms with Crippen LogP contribution in [0.25, 0.3) is 0 Å². The van der Waals surface area contributed by atoms with Gasteiger partial charge < -0.3 is 19.9 Å². The molecule has 0 saturated carbocycles. The van der Waals surface area contributed by atoms with E-state index in [-0.39, 0.29) is 0 Å². The molecular weight excluding hydrogens is 376 g/mol. The van der Waals surface area contributed by atoms with Crippen LogP contribution in [0.4, 0.5) is 26.3 Å². The van der Waals surface area contributed by atoms with E-state index in [0.29, 0.717) is 0 Å². The second kappa shape index (κ2) is 8.15. The van der Waals surface area contributed by atoms with E-state index in [1.54, 1.807) is 0 Å². The fraction of sp³-hybridized carbons (Fsp3) is 0.429. The monoisotopic (exact) mass is 389 g/mol. The maximum Gasteiger partial charge on any atom is 0.422 e. The highest BCUT2D eigenvalue weighted by Crippen LogP contribution is 2.28. The first-order chi connectivity index (χ1) is 11.8. The summed E-state index contributed by atoms with van der Waals surface area (Å²) in [7, 11) is 0. The Hall–Kier alpha value is -2.66. The molecule has 1 aromatic carbocycles. The van der Waals surface area contributed by atoms with E-state index >= 15 is 0 Å². The van der Waals surface area contributed by atoms with E-state index in [9.17, 15) is 35.9 Å². The zero-order valence-electron chi connectivity index (χ0n) is 13.1. The van der Waals surface area contributed by atoms with E-state index in [1.165, 1.54) is 0 Å². The molecule has 1 rings (SSSR count). The zero-order valence-corrected chi connectivity index (χ0v) is 13.1. The van der Waals surface area contributed by atoms with Gasteiger partial charge in [-0.05, 0) is 25.1 Å². The van der Waals surface area contributed by atoms with Crippen molar-refractivity contribution in [2.75, 3.05) is 13.2 Å². The number of carbonyl (C=O) groups excluding carboxylic acids is 1. The van der Waals surface area contributed by atoms with Crippen LogP contribution >= 0.6 is 0 Å². The summed E-state index contributed by atoms with van der Waals surface area (Å²) in [5, 5.41) is 10.7. The molecule has 146 valence electrons. The smallest absolute Gasteiger partial charge is 0.422 e. The molecule has 12 heteroatoms. The summed E-state index contributed by atoms with van der Waals surface area (Å²) in [5.41, 5.74) is -0.609. The Morgan fingerprint density at radius 1 is 1.08 bits per heavy atom. The molecule has 0 heterocycles. The minimum atomic E-state index is -4.73. The quantitative estimate of drug-likeness (QED) is 0.701. The molecule has 0 saturated heterocycles. The molecule has 0 aliphatic heterocycles. The number of hydrogen-bond donors (Lipinski definition) is 2. The van der Waals surface area contributed by atoms with Gasteiger partial charge in [0.25, 0.3) is 5.91 Å². The highest BCUT2D eigenvalue weighted by atomic mass is 19.4. The molecule has 0 bridgehead atoms. The molecule has 1 aromatic rings. The Morgan fingerprint density at radius 2 is 1.62 bits per heavy atom. The topological polar surface area (TPSA) is 84.9 Å². The van der Waals surface area contributed by atoms with Crippen LogP contribution in [0.3, 0.4) is 0 Å². The number of amides is 1. The predicted octanol–water partition coefficient (Wildman–Crippen LogP) is 2.77. The van der Waals surface area contributed by atoms with Crippen molar-refractivity contribution < 1.29 is 50.5 Å². The highest BCUT2D eigenvalue weighted by Gasteiger charge is 2.31. The number of ether oxygens (including phenoxy) is 2. The molecule has 0 unspecified atom stereocenters. The summed E-state index contributed by atoms with van der Waals surface area (Å²) >= 11 is 0. The van der Waals surface area contributed by atoms with Crippen molar-refractivity contribution >= 4 is 11.9 Å². The number of carboxylic acid groups (broad SMARTS) is 1. The molecule has 26 heavy (non-hydrogen) atoms. The lowest BCUT2D eigenvalue weighted by molar-refractivity contribution is -0.154. The summed E-state index contributed by atoms with van der Waals surface area (Å²) in [6.45, 7) is -2.37. The summed E-state index contributed by atoms with van der Waals surface area (Å²) in [6.07, 6.45) is -9.40. The van der Waals surface area contributed by atoms with Gasteiger partial charge in [-0.15, -0.1) is 0 Å². The first kappa shape index (κ1) is 21.4. The van der Waals surface area contributed by atoms with Gasteiger partial charge in [-0.3, -0.25) is 9.59 Å². The molecule has 1 atom stereocenters. The van der Waals surface area contributed by atoms with Crippen LogP contribution < -0.4 is 14.8 Å². The Morgan fingerprint density at radius 3 is 2.12 bits per heavy atom. The third-order valence-electron chi connectivity index (χ3n) is 2.71. The third kappa shape index (κ3) is 7.49. The van der Waals surface area contributed by atoms with Gasteiger partial charge in [-0.25, -0.2) is 0 Å². The second-order valence-electron chi connectivity index (χ2n) is 5.00. The number of carboxylic acids is 1. The Bertz CT molecular complexity index is 658. The second-order valence-corrected chi connectivity index (χ2v) is 5.00. The van der Waals surface area contributed by atoms with Gasteiger partial charge in [0, 0.05) is 0 Å². The van der Waals surface area contributed by atoms with Gasteiger partial charge in [0.15, 0.2) is 13.2 Å². The number of aliphatic carboxylic acids is 1. The fourth-order valence-corrected chi connectivity index (χ4v) is 1.56. The van der Waals surface area contributed by atoms with E-state index in [1.807, 2.05) is 5.32 Å². The normalized spacial score (nSPS) is 13.0. The average molecular weight is 389 g/mol. The predicted molar refractivity (Wildman–Crippen MR) is 74.1 cm³/mol. The van der Waals surface area contributed by atoms with Crippen molar-refractivity contribution in [3.63, 3.8) is 0 Å². The molecule has 0 radical (unpaired) electrons. The van der Waals surface area contributed by atoms with Crippen LogP contribution in [-0.2, 0) is 4.79 Å². The van der Waals surface area contributed by atoms with E-state index in [0.717, 1.165) is 25.1 Å². The fourth-order valence-electron chi connectivity index (χ4n) is 1.56. The van der Waals surface area contributed by atoms with Gasteiger partial charge in [0.1, 0.15) is 17.5 Å². The number of benzene rings is 1. The highest BCUT2D eigenvalue weighted by molar-refractivity contribution is 5.99. The number of halogens is 6. The van der Waals surface area contributed by atoms with E-state index in [2.05, 4.69) is 9.47 Å². The van der Waals surface area contributed by atoms with Crippen molar-refractivity contribution in [3.8, 4) is 11.5 Å². The van der Waals surface area contributed by atoms with Crippen molar-refractivity contribution in [1.82, 2.24) is 5.32 Å². The number of hydrogen-bond acceptors (Lipinski definition) is 4. The van der Waals surface area contributed by atoms with Crippen LogP contribution in [0, 0.1) is 0 Å². The summed E-state index contributed by atoms with van der Waals surface area (Å²) in [4.78, 5) is 22.8. The molecule has 0 fully saturated rings. The van der Waals surface area contributed by atoms with Crippen molar-refractivity contribution in [2.45, 2.75) is 25.3 Å². The lowest BCUT2D eigenvalue weighted by Gasteiger charge is -2.16. The van der Waals surface area contributed by atoms with Crippen LogP contribution in [0.15, 0.2) is 18.2 Å². The molecule has 6 nitrogen and oxygen atoms in total.